The van der Waals surface area contributed by atoms with Crippen LogP contribution in [0.2, 0.25) is 0 Å². The SMILES string of the molecule is Nc1nsc(NCCCc2ncn[nH]2)c1-c1ccccc1. The maximum atomic E-state index is 5.99. The molecule has 3 aromatic rings. The number of benzene rings is 1. The van der Waals surface area contributed by atoms with Crippen LogP contribution < -0.4 is 11.1 Å². The lowest BCUT2D eigenvalue weighted by molar-refractivity contribution is 0.807. The quantitative estimate of drug-likeness (QED) is 0.608. The molecule has 7 heteroatoms. The van der Waals surface area contributed by atoms with Crippen molar-refractivity contribution < 1.29 is 0 Å². The number of nitrogens with two attached hydrogens (primary N) is 1. The maximum absolute atomic E-state index is 5.99. The van der Waals surface area contributed by atoms with E-state index in [2.05, 4.69) is 24.9 Å². The molecule has 0 unspecified atom stereocenters. The normalized spacial score (nSPS) is 10.7. The summed E-state index contributed by atoms with van der Waals surface area (Å²) in [6.45, 7) is 0.835. The van der Waals surface area contributed by atoms with E-state index < -0.39 is 0 Å². The molecule has 6 nitrogen and oxygen atoms in total. The van der Waals surface area contributed by atoms with Crippen LogP contribution in [0.4, 0.5) is 10.8 Å². The molecule has 1 aromatic carbocycles. The van der Waals surface area contributed by atoms with Crippen LogP contribution in [0.25, 0.3) is 11.1 Å². The van der Waals surface area contributed by atoms with E-state index in [9.17, 15) is 0 Å². The highest BCUT2D eigenvalue weighted by Crippen LogP contribution is 2.36. The van der Waals surface area contributed by atoms with Crippen molar-refractivity contribution >= 4 is 22.4 Å². The molecule has 0 aliphatic carbocycles. The Morgan fingerprint density at radius 1 is 1.24 bits per heavy atom. The lowest BCUT2D eigenvalue weighted by atomic mass is 10.1. The summed E-state index contributed by atoms with van der Waals surface area (Å²) in [4.78, 5) is 4.11. The van der Waals surface area contributed by atoms with Crippen molar-refractivity contribution in [3.63, 3.8) is 0 Å². The van der Waals surface area contributed by atoms with Gasteiger partial charge in [0.1, 0.15) is 23.0 Å². The van der Waals surface area contributed by atoms with Gasteiger partial charge in [-0.1, -0.05) is 30.3 Å². The molecule has 2 aromatic heterocycles. The summed E-state index contributed by atoms with van der Waals surface area (Å²) in [6.07, 6.45) is 3.35. The molecule has 21 heavy (non-hydrogen) atoms. The van der Waals surface area contributed by atoms with Gasteiger partial charge in [-0.15, -0.1) is 0 Å². The van der Waals surface area contributed by atoms with Gasteiger partial charge < -0.3 is 11.1 Å². The lowest BCUT2D eigenvalue weighted by Crippen LogP contribution is -2.03. The minimum absolute atomic E-state index is 0.573. The van der Waals surface area contributed by atoms with Crippen molar-refractivity contribution in [2.75, 3.05) is 17.6 Å². The fourth-order valence-corrected chi connectivity index (χ4v) is 2.88. The minimum Gasteiger partial charge on any atom is -0.382 e. The first kappa shape index (κ1) is 13.6. The molecule has 0 saturated carbocycles. The summed E-state index contributed by atoms with van der Waals surface area (Å²) in [5.41, 5.74) is 8.06. The van der Waals surface area contributed by atoms with Gasteiger partial charge in [-0.2, -0.15) is 9.47 Å². The Morgan fingerprint density at radius 3 is 2.86 bits per heavy atom. The van der Waals surface area contributed by atoms with Crippen LogP contribution >= 0.6 is 11.5 Å². The molecule has 4 N–H and O–H groups in total. The van der Waals surface area contributed by atoms with Crippen LogP contribution in [-0.4, -0.2) is 26.1 Å². The lowest BCUT2D eigenvalue weighted by Gasteiger charge is -2.06. The first-order valence-electron chi connectivity index (χ1n) is 6.73. The molecule has 0 aliphatic rings. The number of anilines is 2. The van der Waals surface area contributed by atoms with E-state index in [4.69, 9.17) is 5.73 Å². The number of aromatic amines is 1. The Kier molecular flexibility index (Phi) is 4.11. The summed E-state index contributed by atoms with van der Waals surface area (Å²) in [6, 6.07) is 10.1. The molecule has 3 rings (SSSR count). The van der Waals surface area contributed by atoms with Gasteiger partial charge in [-0.05, 0) is 23.5 Å². The molecule has 0 fully saturated rings. The molecule has 2 heterocycles. The van der Waals surface area contributed by atoms with Crippen molar-refractivity contribution in [3.05, 3.63) is 42.5 Å². The molecule has 0 aliphatic heterocycles. The third-order valence-corrected chi connectivity index (χ3v) is 3.94. The molecule has 0 atom stereocenters. The molecule has 0 saturated heterocycles. The van der Waals surface area contributed by atoms with Crippen LogP contribution in [0.3, 0.4) is 0 Å². The molecular formula is C14H16N6S. The highest BCUT2D eigenvalue weighted by atomic mass is 32.1. The summed E-state index contributed by atoms with van der Waals surface area (Å²) >= 11 is 1.40. The van der Waals surface area contributed by atoms with Crippen molar-refractivity contribution in [2.45, 2.75) is 12.8 Å². The highest BCUT2D eigenvalue weighted by Gasteiger charge is 2.12. The van der Waals surface area contributed by atoms with E-state index >= 15 is 0 Å². The number of nitrogens with one attached hydrogen (secondary N) is 2. The zero-order valence-electron chi connectivity index (χ0n) is 11.4. The zero-order valence-corrected chi connectivity index (χ0v) is 12.2. The van der Waals surface area contributed by atoms with Gasteiger partial charge in [0, 0.05) is 13.0 Å². The molecular weight excluding hydrogens is 284 g/mol. The Morgan fingerprint density at radius 2 is 2.10 bits per heavy atom. The number of nitrogens with zero attached hydrogens (tertiary/aromatic N) is 3. The molecule has 0 bridgehead atoms. The van der Waals surface area contributed by atoms with Crippen molar-refractivity contribution in [2.24, 2.45) is 0 Å². The molecule has 0 spiro atoms. The smallest absolute Gasteiger partial charge is 0.147 e. The van der Waals surface area contributed by atoms with E-state index in [1.54, 1.807) is 0 Å². The number of hydrogen-bond acceptors (Lipinski definition) is 6. The Balaban J connectivity index is 1.64. The van der Waals surface area contributed by atoms with Crippen LogP contribution in [0.5, 0.6) is 0 Å². The van der Waals surface area contributed by atoms with Crippen LogP contribution in [-0.2, 0) is 6.42 Å². The second-order valence-corrected chi connectivity index (χ2v) is 5.37. The van der Waals surface area contributed by atoms with Gasteiger partial charge in [-0.3, -0.25) is 5.10 Å². The van der Waals surface area contributed by atoms with Crippen LogP contribution in [0, 0.1) is 0 Å². The van der Waals surface area contributed by atoms with E-state index in [-0.39, 0.29) is 0 Å². The van der Waals surface area contributed by atoms with Crippen LogP contribution in [0.1, 0.15) is 12.2 Å². The fraction of sp³-hybridized carbons (Fsp3) is 0.214. The van der Waals surface area contributed by atoms with Gasteiger partial charge in [0.05, 0.1) is 5.56 Å². The maximum Gasteiger partial charge on any atom is 0.147 e. The average Bonchev–Trinajstić information content (AvgIpc) is 3.14. The monoisotopic (exact) mass is 300 g/mol. The van der Waals surface area contributed by atoms with Gasteiger partial charge in [0.2, 0.25) is 0 Å². The van der Waals surface area contributed by atoms with Gasteiger partial charge in [0.15, 0.2) is 0 Å². The van der Waals surface area contributed by atoms with E-state index in [0.29, 0.717) is 5.82 Å². The number of nitrogen functional groups attached to an aromatic ring is 1. The highest BCUT2D eigenvalue weighted by molar-refractivity contribution is 7.11. The third-order valence-electron chi connectivity index (χ3n) is 3.12. The standard InChI is InChI=1S/C14H16N6S/c15-13-12(10-5-2-1-3-6-10)14(21-20-13)16-8-4-7-11-17-9-18-19-11/h1-3,5-6,9,16H,4,7-8H2,(H2,15,20)(H,17,18,19). The summed E-state index contributed by atoms with van der Waals surface area (Å²) in [7, 11) is 0. The molecule has 108 valence electrons. The first-order chi connectivity index (χ1) is 10.3. The predicted octanol–water partition coefficient (Wildman–Crippen LogP) is 2.56. The summed E-state index contributed by atoms with van der Waals surface area (Å²) in [5.74, 6) is 1.48. The summed E-state index contributed by atoms with van der Waals surface area (Å²) < 4.78 is 4.25. The van der Waals surface area contributed by atoms with E-state index in [1.165, 1.54) is 17.9 Å². The van der Waals surface area contributed by atoms with Crippen molar-refractivity contribution in [3.8, 4) is 11.1 Å². The van der Waals surface area contributed by atoms with Gasteiger partial charge >= 0.3 is 0 Å². The largest absolute Gasteiger partial charge is 0.382 e. The number of aromatic nitrogens is 4. The second-order valence-electron chi connectivity index (χ2n) is 4.60. The number of H-pyrrole nitrogens is 1. The van der Waals surface area contributed by atoms with Crippen LogP contribution in [0.15, 0.2) is 36.7 Å². The topological polar surface area (TPSA) is 92.5 Å². The van der Waals surface area contributed by atoms with E-state index in [1.807, 2.05) is 30.3 Å². The van der Waals surface area contributed by atoms with E-state index in [0.717, 1.165) is 41.3 Å². The van der Waals surface area contributed by atoms with Gasteiger partial charge in [-0.25, -0.2) is 4.98 Å². The molecule has 0 radical (unpaired) electrons. The summed E-state index contributed by atoms with van der Waals surface area (Å²) in [5, 5.41) is 11.1. The molecule has 0 amide bonds. The predicted molar refractivity (Wildman–Crippen MR) is 85.2 cm³/mol. The average molecular weight is 300 g/mol. The van der Waals surface area contributed by atoms with Crippen molar-refractivity contribution in [1.29, 1.82) is 0 Å². The van der Waals surface area contributed by atoms with Crippen molar-refractivity contribution in [1.82, 2.24) is 19.6 Å². The Labute approximate surface area is 126 Å². The minimum atomic E-state index is 0.573. The zero-order chi connectivity index (χ0) is 14.5. The Hall–Kier alpha value is -2.41. The second kappa shape index (κ2) is 6.36. The third kappa shape index (κ3) is 3.19. The first-order valence-corrected chi connectivity index (χ1v) is 7.50. The Bertz CT molecular complexity index is 677. The van der Waals surface area contributed by atoms with Gasteiger partial charge in [0.25, 0.3) is 0 Å². The number of hydrogen-bond donors (Lipinski definition) is 3. The number of rotatable bonds is 6. The number of aryl methyl sites for hydroxylation is 1. The fourth-order valence-electron chi connectivity index (χ4n) is 2.12.